The van der Waals surface area contributed by atoms with Crippen LogP contribution in [0.25, 0.3) is 16.9 Å². The van der Waals surface area contributed by atoms with Crippen molar-refractivity contribution in [2.45, 2.75) is 45.9 Å². The molecule has 10 nitrogen and oxygen atoms in total. The molecule has 3 aromatic heterocycles. The van der Waals surface area contributed by atoms with Crippen LogP contribution in [0.1, 0.15) is 41.3 Å². The normalized spacial score (nSPS) is 13.9. The van der Waals surface area contributed by atoms with Gasteiger partial charge in [-0.3, -0.25) is 14.6 Å². The van der Waals surface area contributed by atoms with Crippen molar-refractivity contribution in [3.05, 3.63) is 65.6 Å². The molecule has 3 heterocycles. The first kappa shape index (κ1) is 26.0. The standard InChI is InChI=1S/C27H27F2N7O3/c1-15-19(13-35(14-37)16(2)17-5-6-17)10-18(11-22(15)39-27(28)29)21-7-9-36-25(33-21)23(24(30)34-36)26(38)32-20-4-3-8-31-12-20/h3-4,7-12,14,16-17,27H,5-6,13H2,1-2H3,(H2,30,34)(H,32,38). The number of nitrogen functional groups attached to an aromatic ring is 1. The smallest absolute Gasteiger partial charge is 0.387 e. The Morgan fingerprint density at radius 2 is 2.13 bits per heavy atom. The molecule has 1 fully saturated rings. The van der Waals surface area contributed by atoms with E-state index in [1.807, 2.05) is 6.92 Å². The summed E-state index contributed by atoms with van der Waals surface area (Å²) in [7, 11) is 0. The van der Waals surface area contributed by atoms with Crippen LogP contribution in [0.5, 0.6) is 5.75 Å². The van der Waals surface area contributed by atoms with Gasteiger partial charge in [0.15, 0.2) is 11.5 Å². The van der Waals surface area contributed by atoms with E-state index in [1.54, 1.807) is 48.5 Å². The van der Waals surface area contributed by atoms with Gasteiger partial charge >= 0.3 is 6.61 Å². The van der Waals surface area contributed by atoms with Crippen molar-refractivity contribution < 1.29 is 23.1 Å². The van der Waals surface area contributed by atoms with Crippen LogP contribution in [0.2, 0.25) is 0 Å². The Morgan fingerprint density at radius 1 is 1.33 bits per heavy atom. The summed E-state index contributed by atoms with van der Waals surface area (Å²) < 4.78 is 32.8. The molecule has 0 spiro atoms. The van der Waals surface area contributed by atoms with E-state index in [4.69, 9.17) is 10.5 Å². The fourth-order valence-corrected chi connectivity index (χ4v) is 4.55. The first-order valence-electron chi connectivity index (χ1n) is 12.4. The van der Waals surface area contributed by atoms with Crippen molar-refractivity contribution in [1.29, 1.82) is 0 Å². The Morgan fingerprint density at radius 3 is 2.79 bits per heavy atom. The van der Waals surface area contributed by atoms with Crippen molar-refractivity contribution in [2.24, 2.45) is 5.92 Å². The van der Waals surface area contributed by atoms with Crippen LogP contribution < -0.4 is 15.8 Å². The number of aromatic nitrogens is 4. The number of anilines is 2. The summed E-state index contributed by atoms with van der Waals surface area (Å²) in [5.74, 6) is -0.139. The molecule has 4 aromatic rings. The molecule has 3 N–H and O–H groups in total. The number of fused-ring (bicyclic) bond motifs is 1. The molecule has 1 aromatic carbocycles. The minimum Gasteiger partial charge on any atom is -0.435 e. The lowest BCUT2D eigenvalue weighted by molar-refractivity contribution is -0.120. The SMILES string of the molecule is Cc1c(CN(C=O)C(C)C2CC2)cc(-c2ccn3nc(N)c(C(=O)Nc4cccnc4)c3n2)cc1OC(F)F. The van der Waals surface area contributed by atoms with Crippen LogP contribution in [0.15, 0.2) is 48.9 Å². The molecule has 1 atom stereocenters. The van der Waals surface area contributed by atoms with Crippen molar-refractivity contribution in [1.82, 2.24) is 24.5 Å². The summed E-state index contributed by atoms with van der Waals surface area (Å²) >= 11 is 0. The van der Waals surface area contributed by atoms with Gasteiger partial charge in [0.25, 0.3) is 5.91 Å². The molecule has 2 amide bonds. The molecule has 12 heteroatoms. The average Bonchev–Trinajstić information content (AvgIpc) is 3.70. The molecule has 202 valence electrons. The van der Waals surface area contributed by atoms with Gasteiger partial charge in [0.1, 0.15) is 11.3 Å². The zero-order valence-electron chi connectivity index (χ0n) is 21.3. The second-order valence-electron chi connectivity index (χ2n) is 9.53. The van der Waals surface area contributed by atoms with Gasteiger partial charge in [-0.15, -0.1) is 5.10 Å². The van der Waals surface area contributed by atoms with Crippen LogP contribution in [-0.2, 0) is 11.3 Å². The highest BCUT2D eigenvalue weighted by atomic mass is 19.3. The Balaban J connectivity index is 1.55. The molecule has 1 saturated carbocycles. The van der Waals surface area contributed by atoms with E-state index < -0.39 is 12.5 Å². The molecule has 1 aliphatic carbocycles. The number of nitrogens with two attached hydrogens (primary N) is 1. The third kappa shape index (κ3) is 5.49. The van der Waals surface area contributed by atoms with Gasteiger partial charge in [-0.05, 0) is 74.1 Å². The van der Waals surface area contributed by atoms with E-state index in [9.17, 15) is 18.4 Å². The summed E-state index contributed by atoms with van der Waals surface area (Å²) in [5, 5.41) is 6.90. The number of ether oxygens (including phenoxy) is 1. The third-order valence-corrected chi connectivity index (χ3v) is 6.95. The van der Waals surface area contributed by atoms with Crippen LogP contribution in [-0.4, -0.2) is 49.5 Å². The summed E-state index contributed by atoms with van der Waals surface area (Å²) in [5.41, 5.74) is 8.76. The largest absolute Gasteiger partial charge is 0.435 e. The van der Waals surface area contributed by atoms with E-state index in [0.717, 1.165) is 19.3 Å². The number of hydrogen-bond acceptors (Lipinski definition) is 7. The lowest BCUT2D eigenvalue weighted by atomic mass is 10.0. The topological polar surface area (TPSA) is 128 Å². The molecule has 1 aliphatic rings. The molecule has 0 radical (unpaired) electrons. The lowest BCUT2D eigenvalue weighted by Gasteiger charge is -2.26. The molecule has 39 heavy (non-hydrogen) atoms. The molecule has 5 rings (SSSR count). The van der Waals surface area contributed by atoms with Gasteiger partial charge in [0.2, 0.25) is 6.41 Å². The van der Waals surface area contributed by atoms with Gasteiger partial charge in [-0.25, -0.2) is 9.50 Å². The number of rotatable bonds is 10. The van der Waals surface area contributed by atoms with Crippen LogP contribution in [0.3, 0.4) is 0 Å². The van der Waals surface area contributed by atoms with E-state index in [1.165, 1.54) is 16.8 Å². The predicted octanol–water partition coefficient (Wildman–Crippen LogP) is 4.29. The van der Waals surface area contributed by atoms with Crippen LogP contribution >= 0.6 is 0 Å². The number of pyridine rings is 1. The molecule has 1 unspecified atom stereocenters. The molecule has 0 bridgehead atoms. The van der Waals surface area contributed by atoms with Crippen molar-refractivity contribution in [3.8, 4) is 17.0 Å². The van der Waals surface area contributed by atoms with Crippen LogP contribution in [0.4, 0.5) is 20.3 Å². The average molecular weight is 536 g/mol. The number of carbonyl (C=O) groups excluding carboxylic acids is 2. The molecular weight excluding hydrogens is 508 g/mol. The number of nitrogens with one attached hydrogen (secondary N) is 1. The molecule has 0 saturated heterocycles. The number of carbonyl (C=O) groups is 2. The quantitative estimate of drug-likeness (QED) is 0.290. The fraction of sp³-hybridized carbons (Fsp3) is 0.296. The first-order chi connectivity index (χ1) is 18.7. The minimum atomic E-state index is -3.03. The second-order valence-corrected chi connectivity index (χ2v) is 9.53. The number of amides is 2. The van der Waals surface area contributed by atoms with E-state index in [-0.39, 0.29) is 35.4 Å². The Kier molecular flexibility index (Phi) is 7.09. The van der Waals surface area contributed by atoms with E-state index in [0.29, 0.717) is 34.0 Å². The number of hydrogen-bond donors (Lipinski definition) is 2. The van der Waals surface area contributed by atoms with Gasteiger partial charge in [0, 0.05) is 30.5 Å². The van der Waals surface area contributed by atoms with Gasteiger partial charge in [-0.2, -0.15) is 8.78 Å². The monoisotopic (exact) mass is 535 g/mol. The van der Waals surface area contributed by atoms with Gasteiger partial charge < -0.3 is 20.7 Å². The zero-order chi connectivity index (χ0) is 27.7. The second kappa shape index (κ2) is 10.6. The highest BCUT2D eigenvalue weighted by molar-refractivity contribution is 6.11. The Hall–Kier alpha value is -4.61. The number of alkyl halides is 2. The first-order valence-corrected chi connectivity index (χ1v) is 12.4. The van der Waals surface area contributed by atoms with Crippen molar-refractivity contribution in [3.63, 3.8) is 0 Å². The Bertz CT molecular complexity index is 1520. The van der Waals surface area contributed by atoms with Gasteiger partial charge in [-0.1, -0.05) is 0 Å². The maximum atomic E-state index is 13.3. The molecular formula is C27H27F2N7O3. The number of halogens is 2. The zero-order valence-corrected chi connectivity index (χ0v) is 21.3. The summed E-state index contributed by atoms with van der Waals surface area (Å²) in [6, 6.07) is 8.27. The number of nitrogens with zero attached hydrogens (tertiary/aromatic N) is 5. The summed E-state index contributed by atoms with van der Waals surface area (Å²) in [6.45, 7) is 0.851. The Labute approximate surface area is 222 Å². The lowest BCUT2D eigenvalue weighted by Crippen LogP contribution is -2.33. The third-order valence-electron chi connectivity index (χ3n) is 6.95. The van der Waals surface area contributed by atoms with E-state index >= 15 is 0 Å². The highest BCUT2D eigenvalue weighted by Gasteiger charge is 2.32. The molecule has 0 aliphatic heterocycles. The highest BCUT2D eigenvalue weighted by Crippen LogP contribution is 2.37. The van der Waals surface area contributed by atoms with Crippen LogP contribution in [0, 0.1) is 12.8 Å². The maximum absolute atomic E-state index is 13.3. The van der Waals surface area contributed by atoms with Crippen molar-refractivity contribution in [2.75, 3.05) is 11.1 Å². The van der Waals surface area contributed by atoms with Crippen molar-refractivity contribution >= 4 is 29.5 Å². The van der Waals surface area contributed by atoms with E-state index in [2.05, 4.69) is 20.4 Å². The fourth-order valence-electron chi connectivity index (χ4n) is 4.55. The summed E-state index contributed by atoms with van der Waals surface area (Å²) in [6.07, 6.45) is 7.54. The maximum Gasteiger partial charge on any atom is 0.387 e. The van der Waals surface area contributed by atoms with Gasteiger partial charge in [0.05, 0.1) is 17.6 Å². The summed E-state index contributed by atoms with van der Waals surface area (Å²) in [4.78, 5) is 35.2. The number of benzene rings is 1. The minimum absolute atomic E-state index is 0.0216. The predicted molar refractivity (Wildman–Crippen MR) is 140 cm³/mol.